The third kappa shape index (κ3) is 5.68. The maximum Gasteiger partial charge on any atom is 0.0757 e. The molecular weight excluding hydrogens is 224 g/mol. The second kappa shape index (κ2) is 7.46. The highest BCUT2D eigenvalue weighted by atomic mass is 16.5. The smallest absolute Gasteiger partial charge is 0.0757 e. The van der Waals surface area contributed by atoms with Crippen LogP contribution in [0, 0.1) is 0 Å². The van der Waals surface area contributed by atoms with Crippen molar-refractivity contribution in [2.45, 2.75) is 71.6 Å². The molecule has 3 heteroatoms. The number of hydrogen-bond donors (Lipinski definition) is 1. The lowest BCUT2D eigenvalue weighted by atomic mass is 10.0. The van der Waals surface area contributed by atoms with E-state index in [4.69, 9.17) is 4.74 Å². The van der Waals surface area contributed by atoms with E-state index in [-0.39, 0.29) is 5.60 Å². The van der Waals surface area contributed by atoms with Gasteiger partial charge in [0.1, 0.15) is 0 Å². The lowest BCUT2D eigenvalue weighted by Gasteiger charge is -2.43. The SMILES string of the molecule is CCCNC(CCC)CN1CC(C)OC(C)(C)C1. The predicted octanol–water partition coefficient (Wildman–Crippen LogP) is 2.65. The van der Waals surface area contributed by atoms with Crippen LogP contribution in [0.5, 0.6) is 0 Å². The fraction of sp³-hybridized carbons (Fsp3) is 1.00. The Balaban J connectivity index is 2.46. The summed E-state index contributed by atoms with van der Waals surface area (Å²) in [6.07, 6.45) is 4.09. The maximum absolute atomic E-state index is 5.96. The van der Waals surface area contributed by atoms with E-state index in [2.05, 4.69) is 44.8 Å². The summed E-state index contributed by atoms with van der Waals surface area (Å²) in [5, 5.41) is 3.68. The van der Waals surface area contributed by atoms with Gasteiger partial charge < -0.3 is 10.1 Å². The molecule has 108 valence electrons. The lowest BCUT2D eigenvalue weighted by molar-refractivity contribution is -0.130. The van der Waals surface area contributed by atoms with Gasteiger partial charge in [-0.3, -0.25) is 4.90 Å². The van der Waals surface area contributed by atoms with Gasteiger partial charge in [0, 0.05) is 25.7 Å². The third-order valence-electron chi connectivity index (χ3n) is 3.44. The first-order valence-corrected chi connectivity index (χ1v) is 7.60. The van der Waals surface area contributed by atoms with E-state index < -0.39 is 0 Å². The van der Waals surface area contributed by atoms with Crippen molar-refractivity contribution in [2.24, 2.45) is 0 Å². The molecule has 0 amide bonds. The van der Waals surface area contributed by atoms with Crippen molar-refractivity contribution < 1.29 is 4.74 Å². The van der Waals surface area contributed by atoms with E-state index in [0.717, 1.165) is 26.2 Å². The number of hydrogen-bond acceptors (Lipinski definition) is 3. The highest BCUT2D eigenvalue weighted by molar-refractivity contribution is 4.84. The van der Waals surface area contributed by atoms with Crippen LogP contribution in [0.25, 0.3) is 0 Å². The summed E-state index contributed by atoms with van der Waals surface area (Å²) in [7, 11) is 0. The number of nitrogens with one attached hydrogen (secondary N) is 1. The summed E-state index contributed by atoms with van der Waals surface area (Å²) in [6, 6.07) is 0.635. The summed E-state index contributed by atoms with van der Waals surface area (Å²) in [6.45, 7) is 15.5. The molecule has 2 atom stereocenters. The fourth-order valence-corrected chi connectivity index (χ4v) is 2.99. The Morgan fingerprint density at radius 1 is 1.33 bits per heavy atom. The van der Waals surface area contributed by atoms with E-state index in [1.54, 1.807) is 0 Å². The molecule has 0 aromatic heterocycles. The second-order valence-electron chi connectivity index (χ2n) is 6.32. The quantitative estimate of drug-likeness (QED) is 0.758. The molecule has 0 aliphatic carbocycles. The van der Waals surface area contributed by atoms with Gasteiger partial charge in [-0.05, 0) is 40.2 Å². The Kier molecular flexibility index (Phi) is 6.61. The van der Waals surface area contributed by atoms with Crippen molar-refractivity contribution in [1.29, 1.82) is 0 Å². The molecule has 1 saturated heterocycles. The number of ether oxygens (including phenoxy) is 1. The molecule has 1 heterocycles. The van der Waals surface area contributed by atoms with Gasteiger partial charge in [-0.2, -0.15) is 0 Å². The van der Waals surface area contributed by atoms with Crippen LogP contribution in [0.3, 0.4) is 0 Å². The van der Waals surface area contributed by atoms with Gasteiger partial charge in [0.25, 0.3) is 0 Å². The molecule has 0 spiro atoms. The highest BCUT2D eigenvalue weighted by Crippen LogP contribution is 2.21. The largest absolute Gasteiger partial charge is 0.370 e. The van der Waals surface area contributed by atoms with Crippen molar-refractivity contribution in [1.82, 2.24) is 10.2 Å². The zero-order valence-electron chi connectivity index (χ0n) is 13.0. The second-order valence-corrected chi connectivity index (χ2v) is 6.32. The molecule has 0 aromatic carbocycles. The molecule has 2 unspecified atom stereocenters. The minimum Gasteiger partial charge on any atom is -0.370 e. The summed E-state index contributed by atoms with van der Waals surface area (Å²) in [5.41, 5.74) is -0.000806. The Bertz CT molecular complexity index is 231. The van der Waals surface area contributed by atoms with Gasteiger partial charge in [0.05, 0.1) is 11.7 Å². The van der Waals surface area contributed by atoms with Gasteiger partial charge in [-0.25, -0.2) is 0 Å². The Labute approximate surface area is 113 Å². The van der Waals surface area contributed by atoms with Crippen molar-refractivity contribution >= 4 is 0 Å². The van der Waals surface area contributed by atoms with Crippen LogP contribution >= 0.6 is 0 Å². The van der Waals surface area contributed by atoms with Gasteiger partial charge in [-0.15, -0.1) is 0 Å². The molecule has 1 fully saturated rings. The maximum atomic E-state index is 5.96. The van der Waals surface area contributed by atoms with E-state index in [1.165, 1.54) is 19.3 Å². The Morgan fingerprint density at radius 2 is 2.06 bits per heavy atom. The standard InChI is InChI=1S/C15H32N2O/c1-6-8-14(16-9-7-2)11-17-10-13(3)18-15(4,5)12-17/h13-14,16H,6-12H2,1-5H3. The van der Waals surface area contributed by atoms with Gasteiger partial charge in [0.15, 0.2) is 0 Å². The minimum atomic E-state index is -0.000806. The number of morpholine rings is 1. The van der Waals surface area contributed by atoms with Crippen molar-refractivity contribution in [3.05, 3.63) is 0 Å². The number of rotatable bonds is 7. The molecule has 1 aliphatic rings. The first kappa shape index (κ1) is 15.9. The number of nitrogens with zero attached hydrogens (tertiary/aromatic N) is 1. The van der Waals surface area contributed by atoms with E-state index >= 15 is 0 Å². The van der Waals surface area contributed by atoms with E-state index in [1.807, 2.05) is 0 Å². The zero-order chi connectivity index (χ0) is 13.6. The zero-order valence-corrected chi connectivity index (χ0v) is 13.0. The topological polar surface area (TPSA) is 24.5 Å². The van der Waals surface area contributed by atoms with Gasteiger partial charge >= 0.3 is 0 Å². The summed E-state index contributed by atoms with van der Waals surface area (Å²) in [4.78, 5) is 2.57. The van der Waals surface area contributed by atoms with Crippen LogP contribution in [0.4, 0.5) is 0 Å². The molecule has 0 bridgehead atoms. The third-order valence-corrected chi connectivity index (χ3v) is 3.44. The van der Waals surface area contributed by atoms with Crippen LogP contribution in [-0.2, 0) is 4.74 Å². The summed E-state index contributed by atoms with van der Waals surface area (Å²) < 4.78 is 5.96. The normalized spacial score (nSPS) is 26.2. The first-order chi connectivity index (χ1) is 8.46. The fourth-order valence-electron chi connectivity index (χ4n) is 2.99. The molecule has 18 heavy (non-hydrogen) atoms. The van der Waals surface area contributed by atoms with Gasteiger partial charge in [0.2, 0.25) is 0 Å². The highest BCUT2D eigenvalue weighted by Gasteiger charge is 2.31. The Morgan fingerprint density at radius 3 is 2.61 bits per heavy atom. The van der Waals surface area contributed by atoms with Crippen molar-refractivity contribution in [3.63, 3.8) is 0 Å². The molecular formula is C15H32N2O. The van der Waals surface area contributed by atoms with Crippen molar-refractivity contribution in [2.75, 3.05) is 26.2 Å². The van der Waals surface area contributed by atoms with Crippen LogP contribution in [0.1, 0.15) is 53.9 Å². The average molecular weight is 256 g/mol. The molecule has 3 nitrogen and oxygen atoms in total. The first-order valence-electron chi connectivity index (χ1n) is 7.60. The van der Waals surface area contributed by atoms with Crippen LogP contribution in [-0.4, -0.2) is 48.8 Å². The van der Waals surface area contributed by atoms with Gasteiger partial charge in [-0.1, -0.05) is 20.3 Å². The van der Waals surface area contributed by atoms with Crippen molar-refractivity contribution in [3.8, 4) is 0 Å². The molecule has 1 rings (SSSR count). The summed E-state index contributed by atoms with van der Waals surface area (Å²) >= 11 is 0. The van der Waals surface area contributed by atoms with Crippen LogP contribution in [0.15, 0.2) is 0 Å². The minimum absolute atomic E-state index is 0.000806. The Hall–Kier alpha value is -0.120. The van der Waals surface area contributed by atoms with Crippen LogP contribution in [0.2, 0.25) is 0 Å². The monoisotopic (exact) mass is 256 g/mol. The molecule has 0 aromatic rings. The average Bonchev–Trinajstić information content (AvgIpc) is 2.23. The predicted molar refractivity (Wildman–Crippen MR) is 78.1 cm³/mol. The van der Waals surface area contributed by atoms with Crippen LogP contribution < -0.4 is 5.32 Å². The molecule has 0 saturated carbocycles. The molecule has 0 radical (unpaired) electrons. The molecule has 1 N–H and O–H groups in total. The lowest BCUT2D eigenvalue weighted by Crippen LogP contribution is -2.55. The summed E-state index contributed by atoms with van der Waals surface area (Å²) in [5.74, 6) is 0. The van der Waals surface area contributed by atoms with E-state index in [9.17, 15) is 0 Å². The molecule has 1 aliphatic heterocycles. The van der Waals surface area contributed by atoms with E-state index in [0.29, 0.717) is 12.1 Å².